The van der Waals surface area contributed by atoms with Gasteiger partial charge in [-0.1, -0.05) is 80.1 Å². The highest BCUT2D eigenvalue weighted by molar-refractivity contribution is 7.85. The predicted octanol–water partition coefficient (Wildman–Crippen LogP) is 7.58. The minimum atomic E-state index is -4.55. The lowest BCUT2D eigenvalue weighted by Crippen LogP contribution is -2.68. The van der Waals surface area contributed by atoms with E-state index in [-0.39, 0.29) is 103 Å². The summed E-state index contributed by atoms with van der Waals surface area (Å²) in [5.41, 5.74) is 2.83. The van der Waals surface area contributed by atoms with Crippen LogP contribution in [0.5, 0.6) is 5.75 Å². The number of anilines is 2. The average Bonchev–Trinajstić information content (AvgIpc) is 0.856. The lowest BCUT2D eigenvalue weighted by atomic mass is 9.39. The third-order valence-corrected chi connectivity index (χ3v) is 21.8. The molecular weight excluding hydrogens is 1400 g/mol. The average molecular weight is 1480 g/mol. The second kappa shape index (κ2) is 30.7. The fourth-order valence-electron chi connectivity index (χ4n) is 16.6. The van der Waals surface area contributed by atoms with Crippen LogP contribution >= 0.6 is 11.3 Å². The fraction of sp³-hybridized carbons (Fsp3) is 0.419. The van der Waals surface area contributed by atoms with Gasteiger partial charge in [0.25, 0.3) is 27.8 Å². The van der Waals surface area contributed by atoms with Crippen molar-refractivity contribution in [3.05, 3.63) is 138 Å². The van der Waals surface area contributed by atoms with Crippen molar-refractivity contribution in [2.45, 2.75) is 134 Å². The Morgan fingerprint density at radius 2 is 1.55 bits per heavy atom. The lowest BCUT2D eigenvalue weighted by Gasteiger charge is -2.69. The molecular formula is C74H82N10O19S2. The van der Waals surface area contributed by atoms with Crippen LogP contribution in [0.2, 0.25) is 0 Å². The zero-order valence-electron chi connectivity index (χ0n) is 57.9. The molecule has 554 valence electrons. The minimum Gasteiger partial charge on any atom is -0.480 e. The second-order valence-electron chi connectivity index (χ2n) is 28.7. The van der Waals surface area contributed by atoms with Crippen molar-refractivity contribution in [3.63, 3.8) is 0 Å². The van der Waals surface area contributed by atoms with Gasteiger partial charge in [-0.25, -0.2) is 19.6 Å². The summed E-state index contributed by atoms with van der Waals surface area (Å²) >= 11 is 1.37. The van der Waals surface area contributed by atoms with Crippen LogP contribution in [-0.4, -0.2) is 197 Å². The molecule has 31 heteroatoms. The van der Waals surface area contributed by atoms with Gasteiger partial charge in [-0.2, -0.15) is 13.5 Å². The quantitative estimate of drug-likeness (QED) is 0.0118. The number of thiazole rings is 1. The minimum absolute atomic E-state index is 0.0132. The number of carbonyl (C=O) groups is 8. The topological polar surface area (TPSA) is 418 Å². The van der Waals surface area contributed by atoms with Crippen LogP contribution in [0.25, 0.3) is 49.4 Å². The molecule has 7 aromatic rings. The molecule has 2 unspecified atom stereocenters. The molecule has 105 heavy (non-hydrogen) atoms. The zero-order chi connectivity index (χ0) is 74.8. The molecule has 0 spiro atoms. The molecule has 2 aliphatic heterocycles. The Balaban J connectivity index is 0.686. The maximum Gasteiger partial charge on any atom is 0.410 e. The molecule has 29 nitrogen and oxygen atoms in total. The van der Waals surface area contributed by atoms with E-state index in [2.05, 4.69) is 40.1 Å². The number of unbranched alkanes of at least 4 members (excludes halogenated alkanes) is 2. The number of aromatic nitrogens is 4. The summed E-state index contributed by atoms with van der Waals surface area (Å²) in [4.78, 5) is 114. The largest absolute Gasteiger partial charge is 0.480 e. The van der Waals surface area contributed by atoms with Crippen LogP contribution in [0, 0.1) is 23.2 Å². The summed E-state index contributed by atoms with van der Waals surface area (Å²) in [6.07, 6.45) is 4.98. The molecule has 7 atom stereocenters. The molecule has 4 saturated carbocycles. The summed E-state index contributed by atoms with van der Waals surface area (Å²) in [5.74, 6) is -5.77. The van der Waals surface area contributed by atoms with Crippen molar-refractivity contribution in [2.24, 2.45) is 16.2 Å². The Kier molecular flexibility index (Phi) is 21.9. The number of nitrogens with one attached hydrogen (secondary N) is 4. The Labute approximate surface area is 607 Å². The Morgan fingerprint density at radius 3 is 2.29 bits per heavy atom. The first-order valence-corrected chi connectivity index (χ1v) is 37.0. The Hall–Kier alpha value is -9.86. The monoisotopic (exact) mass is 1480 g/mol. The highest BCUT2D eigenvalue weighted by Crippen LogP contribution is 2.72. The van der Waals surface area contributed by atoms with E-state index < -0.39 is 82.5 Å². The van der Waals surface area contributed by atoms with Gasteiger partial charge in [0.05, 0.1) is 45.8 Å². The van der Waals surface area contributed by atoms with E-state index in [1.165, 1.54) is 53.8 Å². The summed E-state index contributed by atoms with van der Waals surface area (Å²) in [7, 11) is -4.55. The number of hydrogen-bond donors (Lipinski definition) is 10. The number of aliphatic carboxylic acids is 1. The SMILES string of the molecule is Cc1c(-c2ccc(-c3ccc4cccc(C(=O)Nc5nc6ccccc6s5)c4c3)nc2C(=O)O)cnn1CC12CC3(C)CC(C)(C1)CC(OCCN(CCS(=O)(=O)O)C(=O)OC/C=C/c1ccc(O[C@@H]4N[C@H](C(=O)O)[C@@H](O)[C@H](O)[C@H]4O)c(NC(=O)CCNC(=O)CCCCCN4C(=O)C=CC4=O)c1)(C3)C2. The van der Waals surface area contributed by atoms with Crippen LogP contribution < -0.4 is 26.0 Å². The fourth-order valence-corrected chi connectivity index (χ4v) is 17.9. The van der Waals surface area contributed by atoms with Gasteiger partial charge < -0.3 is 55.3 Å². The number of aliphatic hydroxyl groups excluding tert-OH is 3. The molecule has 3 aromatic heterocycles. The highest BCUT2D eigenvalue weighted by Gasteiger charge is 2.66. The molecule has 13 rings (SSSR count). The number of benzene rings is 4. The summed E-state index contributed by atoms with van der Waals surface area (Å²) < 4.78 is 55.4. The number of nitrogens with zero attached hydrogens (tertiary/aromatic N) is 6. The summed E-state index contributed by atoms with van der Waals surface area (Å²) in [5, 5.41) is 69.7. The van der Waals surface area contributed by atoms with Crippen LogP contribution in [0.3, 0.4) is 0 Å². The number of fused-ring (bicyclic) bond motifs is 2. The molecule has 4 aromatic carbocycles. The number of aliphatic hydroxyl groups is 3. The van der Waals surface area contributed by atoms with Gasteiger partial charge in [0.15, 0.2) is 17.1 Å². The number of carbonyl (C=O) groups excluding carboxylic acids is 6. The number of piperidine rings is 1. The Morgan fingerprint density at radius 1 is 0.790 bits per heavy atom. The number of ether oxygens (including phenoxy) is 3. The van der Waals surface area contributed by atoms with E-state index in [1.807, 2.05) is 60.1 Å². The standard InChI is InChI=1S/C74H82N10O19S2/c1-43-50(47-20-21-51(78-60(47)67(93)94)46-19-18-45-12-9-13-48(49(45)34-46)65(92)81-69-79-52-14-6-7-15-55(52)104-69)35-76-84(43)42-73-37-71(2)36-72(3,38-73)40-74(39-71,41-73)102-31-28-82(29-32-105(98,99)100)70(97)101-30-10-11-44-17-22-54(103-66-64(91)63(90)62(89)61(80-66)68(95)96)53(33-44)77-57(86)25-26-75-56(85)16-5-4-8-27-83-58(87)23-24-59(83)88/h6-7,9-15,17-24,33-35,61-64,66,80,89-91H,4-5,8,16,25-32,36-42H2,1-3H3,(H,75,85)(H,77,86)(H,93,94)(H,95,96)(H,79,81,92)(H,98,99,100)/b11-10+/t61-,62+,63-,64+,66-,71?,72?,73?,74?/m0/s1. The number of amides is 6. The predicted molar refractivity (Wildman–Crippen MR) is 385 cm³/mol. The summed E-state index contributed by atoms with van der Waals surface area (Å²) in [6, 6.07) is 24.6. The van der Waals surface area contributed by atoms with E-state index in [9.17, 15) is 76.9 Å². The number of carboxylic acids is 2. The van der Waals surface area contributed by atoms with Crippen molar-refractivity contribution in [1.29, 1.82) is 0 Å². The highest BCUT2D eigenvalue weighted by atomic mass is 32.2. The first-order chi connectivity index (χ1) is 50.0. The number of hydrogen-bond acceptors (Lipinski definition) is 21. The molecule has 10 N–H and O–H groups in total. The van der Waals surface area contributed by atoms with Crippen molar-refractivity contribution >= 4 is 107 Å². The van der Waals surface area contributed by atoms with Gasteiger partial charge in [-0.3, -0.25) is 53.5 Å². The van der Waals surface area contributed by atoms with Gasteiger partial charge in [0, 0.05) is 85.7 Å². The number of pyridine rings is 1. The molecule has 5 fully saturated rings. The van der Waals surface area contributed by atoms with E-state index >= 15 is 0 Å². The van der Waals surface area contributed by atoms with E-state index in [0.717, 1.165) is 63.2 Å². The van der Waals surface area contributed by atoms with Crippen LogP contribution in [0.4, 0.5) is 15.6 Å². The van der Waals surface area contributed by atoms with Crippen molar-refractivity contribution < 1.29 is 91.1 Å². The zero-order valence-corrected chi connectivity index (χ0v) is 59.5. The van der Waals surface area contributed by atoms with Crippen LogP contribution in [0.1, 0.15) is 117 Å². The number of aromatic carboxylic acids is 1. The smallest absolute Gasteiger partial charge is 0.410 e. The van der Waals surface area contributed by atoms with E-state index in [1.54, 1.807) is 30.5 Å². The van der Waals surface area contributed by atoms with Crippen LogP contribution in [-0.2, 0) is 50.1 Å². The van der Waals surface area contributed by atoms with Gasteiger partial charge in [0.1, 0.15) is 36.7 Å². The molecule has 4 bridgehead atoms. The third-order valence-electron chi connectivity index (χ3n) is 20.2. The lowest BCUT2D eigenvalue weighted by molar-refractivity contribution is -0.248. The first kappa shape index (κ1) is 74.8. The molecule has 4 aliphatic carbocycles. The number of rotatable bonds is 30. The normalized spacial score (nSPS) is 24.0. The Bertz CT molecular complexity index is 4680. The van der Waals surface area contributed by atoms with Gasteiger partial charge in [-0.15, -0.1) is 0 Å². The molecule has 6 aliphatic rings. The third kappa shape index (κ3) is 17.3. The maximum atomic E-state index is 13.9. The maximum absolute atomic E-state index is 13.9. The molecule has 1 saturated heterocycles. The number of para-hydroxylation sites is 1. The van der Waals surface area contributed by atoms with Crippen molar-refractivity contribution in [1.82, 2.24) is 40.2 Å². The van der Waals surface area contributed by atoms with Gasteiger partial charge in [-0.05, 0) is 145 Å². The molecule has 5 heterocycles. The van der Waals surface area contributed by atoms with E-state index in [4.69, 9.17) is 24.3 Å². The van der Waals surface area contributed by atoms with Gasteiger partial charge in [0.2, 0.25) is 11.8 Å². The van der Waals surface area contributed by atoms with Crippen molar-refractivity contribution in [3.8, 4) is 28.1 Å². The molecule has 6 amide bonds. The molecule has 0 radical (unpaired) electrons. The summed E-state index contributed by atoms with van der Waals surface area (Å²) in [6.45, 7) is 6.15. The van der Waals surface area contributed by atoms with Crippen molar-refractivity contribution in [2.75, 3.05) is 55.8 Å². The van der Waals surface area contributed by atoms with Gasteiger partial charge >= 0.3 is 18.0 Å². The number of imide groups is 1. The second-order valence-corrected chi connectivity index (χ2v) is 31.3. The first-order valence-electron chi connectivity index (χ1n) is 34.5. The van der Waals surface area contributed by atoms with E-state index in [0.29, 0.717) is 76.3 Å². The van der Waals surface area contributed by atoms with Crippen LogP contribution in [0.15, 0.2) is 115 Å². The number of carboxylic acid groups (broad SMARTS) is 2.